The van der Waals surface area contributed by atoms with Crippen molar-refractivity contribution >= 4 is 34.1 Å². The van der Waals surface area contributed by atoms with Gasteiger partial charge in [0.25, 0.3) is 0 Å². The summed E-state index contributed by atoms with van der Waals surface area (Å²) in [4.78, 5) is 24.2. The van der Waals surface area contributed by atoms with Crippen molar-refractivity contribution in [3.63, 3.8) is 0 Å². The van der Waals surface area contributed by atoms with Gasteiger partial charge in [-0.3, -0.25) is 9.59 Å². The summed E-state index contributed by atoms with van der Waals surface area (Å²) in [5.74, 6) is -2.47. The predicted octanol–water partition coefficient (Wildman–Crippen LogP) is 6.69. The molecule has 0 aliphatic carbocycles. The SMILES string of the molecule is COc1c(O)c(C=O)c2c(O)c(-c3c(C)cc4c(C(C)C)c(O)c(O)c(C=O)c4c3O)c(C)cc2c1C(C)C. The Kier molecular flexibility index (Phi) is 6.85. The highest BCUT2D eigenvalue weighted by molar-refractivity contribution is 6.14. The zero-order valence-corrected chi connectivity index (χ0v) is 22.9. The van der Waals surface area contributed by atoms with Gasteiger partial charge in [0.1, 0.15) is 11.5 Å². The molecule has 0 heterocycles. The van der Waals surface area contributed by atoms with Gasteiger partial charge in [0.15, 0.2) is 35.6 Å². The van der Waals surface area contributed by atoms with E-state index in [0.29, 0.717) is 45.6 Å². The van der Waals surface area contributed by atoms with Gasteiger partial charge in [0.05, 0.1) is 18.2 Å². The number of hydrogen-bond donors (Lipinski definition) is 5. The monoisotopic (exact) mass is 532 g/mol. The van der Waals surface area contributed by atoms with Crippen LogP contribution < -0.4 is 4.74 Å². The lowest BCUT2D eigenvalue weighted by Gasteiger charge is -2.23. The van der Waals surface area contributed by atoms with Gasteiger partial charge in [-0.15, -0.1) is 0 Å². The van der Waals surface area contributed by atoms with Crippen molar-refractivity contribution in [1.82, 2.24) is 0 Å². The summed E-state index contributed by atoms with van der Waals surface area (Å²) in [6.45, 7) is 10.8. The Balaban J connectivity index is 2.27. The Labute approximate surface area is 225 Å². The number of hydrogen-bond acceptors (Lipinski definition) is 8. The topological polar surface area (TPSA) is 145 Å². The summed E-state index contributed by atoms with van der Waals surface area (Å²) in [5.41, 5.74) is 1.94. The molecule has 0 saturated carbocycles. The van der Waals surface area contributed by atoms with Gasteiger partial charge in [-0.25, -0.2) is 0 Å². The van der Waals surface area contributed by atoms with Crippen LogP contribution in [0, 0.1) is 13.8 Å². The maximum absolute atomic E-state index is 12.2. The number of carbonyl (C=O) groups is 2. The Bertz CT molecular complexity index is 1700. The summed E-state index contributed by atoms with van der Waals surface area (Å²) >= 11 is 0. The van der Waals surface area contributed by atoms with Crippen LogP contribution in [0.25, 0.3) is 32.7 Å². The number of aromatic hydroxyl groups is 5. The molecule has 4 aromatic rings. The molecule has 0 amide bonds. The molecule has 39 heavy (non-hydrogen) atoms. The molecule has 4 rings (SSSR count). The number of ether oxygens (including phenoxy) is 1. The van der Waals surface area contributed by atoms with Gasteiger partial charge >= 0.3 is 0 Å². The fraction of sp³-hybridized carbons (Fsp3) is 0.290. The molecule has 0 aliphatic rings. The van der Waals surface area contributed by atoms with E-state index in [1.54, 1.807) is 26.0 Å². The number of fused-ring (bicyclic) bond motifs is 2. The maximum Gasteiger partial charge on any atom is 0.169 e. The van der Waals surface area contributed by atoms with E-state index in [0.717, 1.165) is 0 Å². The second kappa shape index (κ2) is 9.69. The van der Waals surface area contributed by atoms with Crippen molar-refractivity contribution in [3.05, 3.63) is 45.5 Å². The van der Waals surface area contributed by atoms with Crippen molar-refractivity contribution in [2.45, 2.75) is 53.4 Å². The van der Waals surface area contributed by atoms with Gasteiger partial charge in [0, 0.05) is 33.0 Å². The fourth-order valence-electron chi connectivity index (χ4n) is 5.79. The number of rotatable bonds is 6. The molecule has 5 N–H and O–H groups in total. The molecule has 0 radical (unpaired) electrons. The molecule has 0 aromatic heterocycles. The molecule has 0 unspecified atom stereocenters. The van der Waals surface area contributed by atoms with Crippen LogP contribution in [0.1, 0.15) is 82.5 Å². The van der Waals surface area contributed by atoms with Crippen molar-refractivity contribution in [3.8, 4) is 45.6 Å². The van der Waals surface area contributed by atoms with Crippen LogP contribution >= 0.6 is 0 Å². The lowest BCUT2D eigenvalue weighted by Crippen LogP contribution is -2.02. The van der Waals surface area contributed by atoms with E-state index in [4.69, 9.17) is 4.74 Å². The third kappa shape index (κ3) is 3.81. The molecule has 8 heteroatoms. The standard InChI is InChI=1S/C31H32O8/c1-12(2)20-16-8-14(5)22(28(36)24(16)18(10-32)26(34)30(20)38)23-15(6)9-17-21(13(3)4)31(39-7)27(35)19(11-33)25(17)29(23)37/h8-13,34-38H,1-7H3. The highest BCUT2D eigenvalue weighted by Crippen LogP contribution is 2.54. The predicted molar refractivity (Wildman–Crippen MR) is 150 cm³/mol. The van der Waals surface area contributed by atoms with Crippen molar-refractivity contribution in [2.75, 3.05) is 7.11 Å². The molecular weight excluding hydrogens is 500 g/mol. The van der Waals surface area contributed by atoms with E-state index in [1.165, 1.54) is 7.11 Å². The minimum Gasteiger partial charge on any atom is -0.507 e. The summed E-state index contributed by atoms with van der Waals surface area (Å²) in [7, 11) is 1.39. The first-order valence-electron chi connectivity index (χ1n) is 12.6. The molecule has 8 nitrogen and oxygen atoms in total. The maximum atomic E-state index is 12.2. The fourth-order valence-corrected chi connectivity index (χ4v) is 5.79. The molecule has 204 valence electrons. The third-order valence-corrected chi connectivity index (χ3v) is 7.41. The average molecular weight is 533 g/mol. The summed E-state index contributed by atoms with van der Waals surface area (Å²) in [6, 6.07) is 3.44. The molecular formula is C31H32O8. The number of benzene rings is 4. The van der Waals surface area contributed by atoms with Crippen molar-refractivity contribution < 1.29 is 39.9 Å². The molecule has 0 saturated heterocycles. The molecule has 0 aliphatic heterocycles. The highest BCUT2D eigenvalue weighted by Gasteiger charge is 2.30. The first-order valence-corrected chi connectivity index (χ1v) is 12.6. The van der Waals surface area contributed by atoms with Crippen LogP contribution in [0.5, 0.6) is 34.5 Å². The van der Waals surface area contributed by atoms with Crippen LogP contribution in [-0.4, -0.2) is 45.2 Å². The minimum atomic E-state index is -0.646. The quantitative estimate of drug-likeness (QED) is 0.136. The first kappa shape index (κ1) is 27.6. The van der Waals surface area contributed by atoms with E-state index in [-0.39, 0.29) is 62.1 Å². The van der Waals surface area contributed by atoms with Gasteiger partial charge in [0.2, 0.25) is 0 Å². The molecule has 0 spiro atoms. The van der Waals surface area contributed by atoms with Crippen molar-refractivity contribution in [1.29, 1.82) is 0 Å². The lowest BCUT2D eigenvalue weighted by molar-refractivity contribution is 0.111. The van der Waals surface area contributed by atoms with Gasteiger partial charge in [-0.1, -0.05) is 39.8 Å². The van der Waals surface area contributed by atoms with E-state index >= 15 is 0 Å². The molecule has 0 atom stereocenters. The van der Waals surface area contributed by atoms with E-state index < -0.39 is 17.2 Å². The number of aldehydes is 2. The number of carbonyl (C=O) groups excluding carboxylic acids is 2. The zero-order chi connectivity index (χ0) is 29.1. The first-order chi connectivity index (χ1) is 18.3. The Morgan fingerprint density at radius 3 is 1.44 bits per heavy atom. The summed E-state index contributed by atoms with van der Waals surface area (Å²) < 4.78 is 5.44. The minimum absolute atomic E-state index is 0.0274. The van der Waals surface area contributed by atoms with Gasteiger partial charge in [-0.05, 0) is 47.6 Å². The molecule has 0 bridgehead atoms. The summed E-state index contributed by atoms with van der Waals surface area (Å²) in [5, 5.41) is 56.6. The van der Waals surface area contributed by atoms with Gasteiger partial charge in [-0.2, -0.15) is 0 Å². The molecule has 0 fully saturated rings. The second-order valence-corrected chi connectivity index (χ2v) is 10.5. The Morgan fingerprint density at radius 2 is 1.05 bits per heavy atom. The van der Waals surface area contributed by atoms with Crippen LogP contribution in [0.3, 0.4) is 0 Å². The van der Waals surface area contributed by atoms with Gasteiger partial charge < -0.3 is 30.3 Å². The second-order valence-electron chi connectivity index (χ2n) is 10.5. The number of phenolic OH excluding ortho intramolecular Hbond substituents is 5. The number of phenols is 5. The summed E-state index contributed by atoms with van der Waals surface area (Å²) in [6.07, 6.45) is 0.799. The largest absolute Gasteiger partial charge is 0.507 e. The number of methoxy groups -OCH3 is 1. The van der Waals surface area contributed by atoms with E-state index in [9.17, 15) is 35.1 Å². The number of aryl methyl sites for hydroxylation is 2. The van der Waals surface area contributed by atoms with E-state index in [1.807, 2.05) is 27.7 Å². The van der Waals surface area contributed by atoms with Crippen LogP contribution in [0.15, 0.2) is 12.1 Å². The normalized spacial score (nSPS) is 11.6. The van der Waals surface area contributed by atoms with Crippen LogP contribution in [-0.2, 0) is 0 Å². The van der Waals surface area contributed by atoms with Crippen LogP contribution in [0.4, 0.5) is 0 Å². The average Bonchev–Trinajstić information content (AvgIpc) is 2.86. The third-order valence-electron chi connectivity index (χ3n) is 7.41. The molecule has 4 aromatic carbocycles. The Hall–Kier alpha value is -4.46. The Morgan fingerprint density at radius 1 is 0.641 bits per heavy atom. The van der Waals surface area contributed by atoms with Crippen molar-refractivity contribution in [2.24, 2.45) is 0 Å². The van der Waals surface area contributed by atoms with Crippen LogP contribution in [0.2, 0.25) is 0 Å². The smallest absolute Gasteiger partial charge is 0.169 e. The highest BCUT2D eigenvalue weighted by atomic mass is 16.5. The zero-order valence-electron chi connectivity index (χ0n) is 22.9. The lowest BCUT2D eigenvalue weighted by atomic mass is 9.83. The van der Waals surface area contributed by atoms with E-state index in [2.05, 4.69) is 0 Å².